The molecule has 0 bridgehead atoms. The minimum atomic E-state index is -4.96. The van der Waals surface area contributed by atoms with Gasteiger partial charge < -0.3 is 0 Å². The molecule has 15 heavy (non-hydrogen) atoms. The van der Waals surface area contributed by atoms with Gasteiger partial charge in [0.2, 0.25) is 5.25 Å². The summed E-state index contributed by atoms with van der Waals surface area (Å²) in [6.07, 6.45) is -3.80. The molecule has 1 aromatic rings. The van der Waals surface area contributed by atoms with Gasteiger partial charge in [0.15, 0.2) is 0 Å². The van der Waals surface area contributed by atoms with Gasteiger partial charge in [-0.2, -0.15) is 13.2 Å². The number of thiazole rings is 1. The number of hydrogen-bond donors (Lipinski definition) is 0. The SMILES string of the molecule is O=S(=O)(Cl)C(c1ncc(I)s1)C(F)(F)F. The maximum absolute atomic E-state index is 12.4. The third-order valence-electron chi connectivity index (χ3n) is 1.30. The molecule has 0 aromatic carbocycles. The Balaban J connectivity index is 3.26. The lowest BCUT2D eigenvalue weighted by Crippen LogP contribution is -2.25. The molecule has 0 aliphatic heterocycles. The van der Waals surface area contributed by atoms with E-state index in [4.69, 9.17) is 10.7 Å². The Morgan fingerprint density at radius 3 is 2.33 bits per heavy atom. The van der Waals surface area contributed by atoms with E-state index < -0.39 is 25.5 Å². The molecular formula is C5H2ClF3INO2S2. The van der Waals surface area contributed by atoms with Crippen molar-refractivity contribution in [2.24, 2.45) is 0 Å². The van der Waals surface area contributed by atoms with Crippen LogP contribution in [0, 0.1) is 2.88 Å². The Morgan fingerprint density at radius 2 is 2.07 bits per heavy atom. The van der Waals surface area contributed by atoms with Gasteiger partial charge in [0.05, 0.1) is 9.08 Å². The number of alkyl halides is 3. The van der Waals surface area contributed by atoms with Gasteiger partial charge in [-0.3, -0.25) is 0 Å². The van der Waals surface area contributed by atoms with E-state index in [-0.39, 0.29) is 0 Å². The first-order valence-corrected chi connectivity index (χ1v) is 7.50. The Kier molecular flexibility index (Phi) is 3.89. The van der Waals surface area contributed by atoms with Crippen LogP contribution in [0.5, 0.6) is 0 Å². The van der Waals surface area contributed by atoms with Crippen LogP contribution >= 0.6 is 44.6 Å². The lowest BCUT2D eigenvalue weighted by atomic mass is 10.4. The number of halogens is 5. The summed E-state index contributed by atoms with van der Waals surface area (Å²) in [7, 11) is -0.0265. The first-order chi connectivity index (χ1) is 6.62. The molecule has 1 atom stereocenters. The van der Waals surface area contributed by atoms with Crippen molar-refractivity contribution in [1.82, 2.24) is 4.98 Å². The molecule has 0 saturated heterocycles. The molecule has 0 saturated carbocycles. The summed E-state index contributed by atoms with van der Waals surface area (Å²) in [6, 6.07) is 0. The van der Waals surface area contributed by atoms with Crippen LogP contribution in [-0.4, -0.2) is 19.6 Å². The van der Waals surface area contributed by atoms with E-state index in [1.165, 1.54) is 0 Å². The van der Waals surface area contributed by atoms with Gasteiger partial charge in [0.1, 0.15) is 5.01 Å². The summed E-state index contributed by atoms with van der Waals surface area (Å²) in [5.41, 5.74) is 0. The van der Waals surface area contributed by atoms with Crippen LogP contribution in [0.1, 0.15) is 10.3 Å². The average molecular weight is 392 g/mol. The van der Waals surface area contributed by atoms with E-state index in [0.29, 0.717) is 14.2 Å². The van der Waals surface area contributed by atoms with E-state index in [0.717, 1.165) is 6.20 Å². The van der Waals surface area contributed by atoms with Gasteiger partial charge in [-0.15, -0.1) is 11.3 Å². The zero-order valence-electron chi connectivity index (χ0n) is 6.62. The molecule has 10 heteroatoms. The smallest absolute Gasteiger partial charge is 0.247 e. The second-order valence-electron chi connectivity index (χ2n) is 2.40. The van der Waals surface area contributed by atoms with Crippen molar-refractivity contribution in [3.63, 3.8) is 0 Å². The quantitative estimate of drug-likeness (QED) is 0.575. The average Bonchev–Trinajstić information content (AvgIpc) is 2.28. The largest absolute Gasteiger partial charge is 0.413 e. The molecule has 86 valence electrons. The highest BCUT2D eigenvalue weighted by Crippen LogP contribution is 2.42. The predicted octanol–water partition coefficient (Wildman–Crippen LogP) is 2.92. The molecule has 1 aromatic heterocycles. The Morgan fingerprint density at radius 1 is 1.53 bits per heavy atom. The van der Waals surface area contributed by atoms with Crippen molar-refractivity contribution < 1.29 is 21.6 Å². The highest BCUT2D eigenvalue weighted by atomic mass is 127. The topological polar surface area (TPSA) is 47.0 Å². The first kappa shape index (κ1) is 13.5. The molecule has 1 heterocycles. The van der Waals surface area contributed by atoms with Gasteiger partial charge >= 0.3 is 6.18 Å². The third kappa shape index (κ3) is 3.43. The van der Waals surface area contributed by atoms with Crippen molar-refractivity contribution >= 4 is 53.7 Å². The molecule has 0 aliphatic carbocycles. The van der Waals surface area contributed by atoms with Crippen molar-refractivity contribution in [3.8, 4) is 0 Å². The summed E-state index contributed by atoms with van der Waals surface area (Å²) in [5, 5.41) is -3.32. The summed E-state index contributed by atoms with van der Waals surface area (Å²) >= 11 is 2.38. The van der Waals surface area contributed by atoms with Crippen LogP contribution in [-0.2, 0) is 9.05 Å². The molecule has 0 radical (unpaired) electrons. The minimum Gasteiger partial charge on any atom is -0.247 e. The Labute approximate surface area is 105 Å². The molecule has 0 amide bonds. The molecular weight excluding hydrogens is 390 g/mol. The maximum atomic E-state index is 12.4. The lowest BCUT2D eigenvalue weighted by Gasteiger charge is -2.14. The van der Waals surface area contributed by atoms with Crippen LogP contribution in [0.15, 0.2) is 6.20 Å². The van der Waals surface area contributed by atoms with Crippen LogP contribution in [0.3, 0.4) is 0 Å². The second-order valence-corrected chi connectivity index (χ2v) is 8.07. The van der Waals surface area contributed by atoms with Gasteiger partial charge in [0, 0.05) is 10.7 Å². The fraction of sp³-hybridized carbons (Fsp3) is 0.400. The number of aromatic nitrogens is 1. The molecule has 0 fully saturated rings. The number of rotatable bonds is 2. The first-order valence-electron chi connectivity index (χ1n) is 3.24. The van der Waals surface area contributed by atoms with Crippen LogP contribution in [0.4, 0.5) is 13.2 Å². The standard InChI is InChI=1S/C5H2ClF3INO2S2/c6-15(12,13)3(5(7,8)9)4-11-1-2(10)14-4/h1,3H. The van der Waals surface area contributed by atoms with E-state index in [1.807, 2.05) is 0 Å². The summed E-state index contributed by atoms with van der Waals surface area (Å²) < 4.78 is 59.3. The lowest BCUT2D eigenvalue weighted by molar-refractivity contribution is -0.131. The van der Waals surface area contributed by atoms with Crippen LogP contribution in [0.25, 0.3) is 0 Å². The van der Waals surface area contributed by atoms with Gasteiger partial charge in [-0.25, -0.2) is 13.4 Å². The van der Waals surface area contributed by atoms with E-state index in [2.05, 4.69) is 4.98 Å². The summed E-state index contributed by atoms with van der Waals surface area (Å²) in [5.74, 6) is 0. The Bertz CT molecular complexity index is 457. The Hall–Kier alpha value is 0.390. The highest BCUT2D eigenvalue weighted by molar-refractivity contribution is 14.1. The van der Waals surface area contributed by atoms with Crippen molar-refractivity contribution in [3.05, 3.63) is 14.1 Å². The van der Waals surface area contributed by atoms with E-state index >= 15 is 0 Å². The molecule has 3 nitrogen and oxygen atoms in total. The van der Waals surface area contributed by atoms with Crippen LogP contribution in [0.2, 0.25) is 0 Å². The monoisotopic (exact) mass is 391 g/mol. The summed E-state index contributed by atoms with van der Waals surface area (Å²) in [6.45, 7) is 0. The fourth-order valence-corrected chi connectivity index (χ4v) is 4.14. The number of hydrogen-bond acceptors (Lipinski definition) is 4. The molecule has 0 aliphatic rings. The van der Waals surface area contributed by atoms with E-state index in [9.17, 15) is 21.6 Å². The normalized spacial score (nSPS) is 15.3. The predicted molar refractivity (Wildman–Crippen MR) is 58.4 cm³/mol. The van der Waals surface area contributed by atoms with E-state index in [1.54, 1.807) is 22.6 Å². The van der Waals surface area contributed by atoms with Gasteiger partial charge in [-0.1, -0.05) is 0 Å². The van der Waals surface area contributed by atoms with Crippen molar-refractivity contribution in [2.75, 3.05) is 0 Å². The molecule has 1 rings (SSSR count). The van der Waals surface area contributed by atoms with Crippen molar-refractivity contribution in [2.45, 2.75) is 11.4 Å². The highest BCUT2D eigenvalue weighted by Gasteiger charge is 2.51. The van der Waals surface area contributed by atoms with Gasteiger partial charge in [0.25, 0.3) is 9.05 Å². The maximum Gasteiger partial charge on any atom is 0.413 e. The number of nitrogens with zero attached hydrogens (tertiary/aromatic N) is 1. The minimum absolute atomic E-state index is 0.456. The molecule has 0 N–H and O–H groups in total. The summed E-state index contributed by atoms with van der Waals surface area (Å²) in [4.78, 5) is 3.38. The van der Waals surface area contributed by atoms with Crippen LogP contribution < -0.4 is 0 Å². The fourth-order valence-electron chi connectivity index (χ4n) is 0.808. The third-order valence-corrected chi connectivity index (χ3v) is 4.83. The molecule has 0 spiro atoms. The zero-order chi connectivity index (χ0) is 11.9. The zero-order valence-corrected chi connectivity index (χ0v) is 11.2. The molecule has 1 unspecified atom stereocenters. The van der Waals surface area contributed by atoms with Gasteiger partial charge in [-0.05, 0) is 22.6 Å². The second kappa shape index (κ2) is 4.34. The van der Waals surface area contributed by atoms with Crippen molar-refractivity contribution in [1.29, 1.82) is 0 Å².